The van der Waals surface area contributed by atoms with E-state index in [4.69, 9.17) is 5.73 Å². The van der Waals surface area contributed by atoms with Crippen molar-refractivity contribution in [3.8, 4) is 22.6 Å². The Morgan fingerprint density at radius 1 is 0.944 bits per heavy atom. The Bertz CT molecular complexity index is 1440. The SMILES string of the molecule is CCCCc1c(-c2c(C)n(C)n(-c3ccccc3)c2=O)c(C(N)=O)c(C)n1CCc1ccc(O)cc1. The van der Waals surface area contributed by atoms with Crippen molar-refractivity contribution in [1.82, 2.24) is 13.9 Å². The number of hydrogen-bond acceptors (Lipinski definition) is 3. The monoisotopic (exact) mass is 486 g/mol. The second-order valence-electron chi connectivity index (χ2n) is 9.25. The van der Waals surface area contributed by atoms with Crippen molar-refractivity contribution < 1.29 is 9.90 Å². The van der Waals surface area contributed by atoms with Gasteiger partial charge in [0.05, 0.1) is 16.8 Å². The first-order chi connectivity index (χ1) is 17.3. The van der Waals surface area contributed by atoms with Crippen LogP contribution in [0.5, 0.6) is 5.75 Å². The number of rotatable bonds is 9. The lowest BCUT2D eigenvalue weighted by Crippen LogP contribution is -2.21. The lowest BCUT2D eigenvalue weighted by molar-refractivity contribution is 0.1000. The average Bonchev–Trinajstić information content (AvgIpc) is 3.25. The number of aryl methyl sites for hydroxylation is 1. The minimum atomic E-state index is -0.530. The fraction of sp³-hybridized carbons (Fsp3) is 0.310. The topological polar surface area (TPSA) is 95.2 Å². The van der Waals surface area contributed by atoms with Crippen LogP contribution in [-0.2, 0) is 26.4 Å². The van der Waals surface area contributed by atoms with E-state index in [-0.39, 0.29) is 11.3 Å². The minimum Gasteiger partial charge on any atom is -0.508 e. The molecule has 4 aromatic rings. The van der Waals surface area contributed by atoms with Crippen molar-refractivity contribution in [2.24, 2.45) is 12.8 Å². The maximum atomic E-state index is 13.9. The van der Waals surface area contributed by atoms with Gasteiger partial charge in [0, 0.05) is 36.2 Å². The quantitative estimate of drug-likeness (QED) is 0.360. The highest BCUT2D eigenvalue weighted by atomic mass is 16.3. The van der Waals surface area contributed by atoms with Gasteiger partial charge in [0.15, 0.2) is 0 Å². The third-order valence-corrected chi connectivity index (χ3v) is 7.01. The molecule has 0 fully saturated rings. The van der Waals surface area contributed by atoms with E-state index < -0.39 is 5.91 Å². The number of carbonyl (C=O) groups excluding carboxylic acids is 1. The molecule has 188 valence electrons. The standard InChI is InChI=1S/C29H34N4O3/c1-5-6-12-24-27(26-19(2)31(4)33(29(26)36)22-10-8-7-9-11-22)25(28(30)35)20(3)32(24)18-17-21-13-15-23(34)16-14-21/h7-11,13-16,34H,5-6,12,17-18H2,1-4H3,(H2,30,35). The van der Waals surface area contributed by atoms with Crippen LogP contribution in [0.3, 0.4) is 0 Å². The molecule has 0 atom stereocenters. The zero-order valence-corrected chi connectivity index (χ0v) is 21.4. The predicted octanol–water partition coefficient (Wildman–Crippen LogP) is 4.65. The number of unbranched alkanes of at least 4 members (excludes halogenated alkanes) is 1. The predicted molar refractivity (Wildman–Crippen MR) is 143 cm³/mol. The summed E-state index contributed by atoms with van der Waals surface area (Å²) < 4.78 is 5.63. The molecule has 0 unspecified atom stereocenters. The van der Waals surface area contributed by atoms with Gasteiger partial charge >= 0.3 is 0 Å². The Morgan fingerprint density at radius 3 is 2.22 bits per heavy atom. The summed E-state index contributed by atoms with van der Waals surface area (Å²) in [6.07, 6.45) is 3.35. The van der Waals surface area contributed by atoms with E-state index in [1.54, 1.807) is 16.8 Å². The summed E-state index contributed by atoms with van der Waals surface area (Å²) in [4.78, 5) is 26.7. The summed E-state index contributed by atoms with van der Waals surface area (Å²) >= 11 is 0. The number of aromatic nitrogens is 3. The summed E-state index contributed by atoms with van der Waals surface area (Å²) in [6, 6.07) is 16.6. The molecule has 2 heterocycles. The van der Waals surface area contributed by atoms with Gasteiger partial charge < -0.3 is 15.4 Å². The fourth-order valence-electron chi connectivity index (χ4n) is 5.03. The molecule has 36 heavy (non-hydrogen) atoms. The smallest absolute Gasteiger partial charge is 0.279 e. The van der Waals surface area contributed by atoms with Gasteiger partial charge in [-0.3, -0.25) is 14.3 Å². The number of hydrogen-bond donors (Lipinski definition) is 2. The zero-order valence-electron chi connectivity index (χ0n) is 21.4. The van der Waals surface area contributed by atoms with Gasteiger partial charge in [0.1, 0.15) is 5.75 Å². The molecule has 7 nitrogen and oxygen atoms in total. The first-order valence-corrected chi connectivity index (χ1v) is 12.4. The van der Waals surface area contributed by atoms with Crippen LogP contribution in [-0.4, -0.2) is 24.9 Å². The maximum Gasteiger partial charge on any atom is 0.279 e. The van der Waals surface area contributed by atoms with Crippen LogP contribution in [0.4, 0.5) is 0 Å². The highest BCUT2D eigenvalue weighted by molar-refractivity contribution is 6.02. The summed E-state index contributed by atoms with van der Waals surface area (Å²) in [5.41, 5.74) is 11.7. The maximum absolute atomic E-state index is 13.9. The number of primary amides is 1. The lowest BCUT2D eigenvalue weighted by Gasteiger charge is -2.13. The Kier molecular flexibility index (Phi) is 7.20. The molecule has 0 radical (unpaired) electrons. The molecule has 1 amide bonds. The van der Waals surface area contributed by atoms with E-state index in [0.717, 1.165) is 47.6 Å². The number of nitrogens with zero attached hydrogens (tertiary/aromatic N) is 3. The van der Waals surface area contributed by atoms with Crippen molar-refractivity contribution in [2.75, 3.05) is 0 Å². The molecule has 3 N–H and O–H groups in total. The van der Waals surface area contributed by atoms with Crippen LogP contribution in [0.25, 0.3) is 16.8 Å². The average molecular weight is 487 g/mol. The minimum absolute atomic E-state index is 0.169. The number of amides is 1. The van der Waals surface area contributed by atoms with Gasteiger partial charge in [0.25, 0.3) is 11.5 Å². The molecule has 0 aliphatic heterocycles. The Balaban J connectivity index is 1.93. The van der Waals surface area contributed by atoms with Crippen LogP contribution >= 0.6 is 0 Å². The largest absolute Gasteiger partial charge is 0.508 e. The molecule has 0 saturated heterocycles. The number of carbonyl (C=O) groups is 1. The van der Waals surface area contributed by atoms with Gasteiger partial charge in [0.2, 0.25) is 0 Å². The number of para-hydroxylation sites is 1. The third kappa shape index (κ3) is 4.49. The van der Waals surface area contributed by atoms with Crippen LogP contribution in [0.15, 0.2) is 59.4 Å². The van der Waals surface area contributed by atoms with E-state index >= 15 is 0 Å². The van der Waals surface area contributed by atoms with E-state index in [1.165, 1.54) is 0 Å². The molecule has 0 bridgehead atoms. The van der Waals surface area contributed by atoms with E-state index in [2.05, 4.69) is 11.5 Å². The van der Waals surface area contributed by atoms with Crippen molar-refractivity contribution >= 4 is 5.91 Å². The van der Waals surface area contributed by atoms with Gasteiger partial charge in [-0.15, -0.1) is 0 Å². The van der Waals surface area contributed by atoms with Crippen molar-refractivity contribution in [1.29, 1.82) is 0 Å². The van der Waals surface area contributed by atoms with Gasteiger partial charge in [-0.2, -0.15) is 0 Å². The van der Waals surface area contributed by atoms with Crippen LogP contribution < -0.4 is 11.3 Å². The molecule has 7 heteroatoms. The summed E-state index contributed by atoms with van der Waals surface area (Å²) in [5.74, 6) is -0.301. The van der Waals surface area contributed by atoms with Crippen molar-refractivity contribution in [3.05, 3.63) is 93.2 Å². The summed E-state index contributed by atoms with van der Waals surface area (Å²) in [5, 5.41) is 9.62. The van der Waals surface area contributed by atoms with Crippen LogP contribution in [0.1, 0.15) is 52.8 Å². The first kappa shape index (κ1) is 25.1. The molecule has 0 aliphatic carbocycles. The summed E-state index contributed by atoms with van der Waals surface area (Å²) in [6.45, 7) is 6.58. The second-order valence-corrected chi connectivity index (χ2v) is 9.25. The van der Waals surface area contributed by atoms with Gasteiger partial charge in [-0.25, -0.2) is 4.68 Å². The number of nitrogens with two attached hydrogens (primary N) is 1. The van der Waals surface area contributed by atoms with Gasteiger partial charge in [-0.05, 0) is 62.9 Å². The molecule has 0 spiro atoms. The molecule has 2 aromatic heterocycles. The number of aromatic hydroxyl groups is 1. The molecule has 0 saturated carbocycles. The second kappa shape index (κ2) is 10.3. The molecular weight excluding hydrogens is 452 g/mol. The van der Waals surface area contributed by atoms with Crippen molar-refractivity contribution in [2.45, 2.75) is 53.0 Å². The highest BCUT2D eigenvalue weighted by Gasteiger charge is 2.29. The molecule has 0 aliphatic rings. The highest BCUT2D eigenvalue weighted by Crippen LogP contribution is 2.35. The van der Waals surface area contributed by atoms with Crippen LogP contribution in [0.2, 0.25) is 0 Å². The van der Waals surface area contributed by atoms with E-state index in [1.807, 2.05) is 68.0 Å². The fourth-order valence-corrected chi connectivity index (χ4v) is 5.03. The third-order valence-electron chi connectivity index (χ3n) is 7.01. The van der Waals surface area contributed by atoms with Gasteiger partial charge in [-0.1, -0.05) is 43.7 Å². The van der Waals surface area contributed by atoms with E-state index in [0.29, 0.717) is 29.7 Å². The number of benzene rings is 2. The summed E-state index contributed by atoms with van der Waals surface area (Å²) in [7, 11) is 1.86. The molecule has 4 rings (SSSR count). The number of phenolic OH excluding ortho intramolecular Hbond substituents is 1. The molecule has 2 aromatic carbocycles. The van der Waals surface area contributed by atoms with E-state index in [9.17, 15) is 14.7 Å². The normalized spacial score (nSPS) is 11.2. The Labute approximate surface area is 211 Å². The molecular formula is C29H34N4O3. The van der Waals surface area contributed by atoms with Crippen molar-refractivity contribution in [3.63, 3.8) is 0 Å². The Morgan fingerprint density at radius 2 is 1.61 bits per heavy atom. The number of phenols is 1. The van der Waals surface area contributed by atoms with Crippen LogP contribution in [0, 0.1) is 13.8 Å². The zero-order chi connectivity index (χ0) is 26.0. The Hall–Kier alpha value is -4.00. The first-order valence-electron chi connectivity index (χ1n) is 12.4. The lowest BCUT2D eigenvalue weighted by atomic mass is 9.98.